The minimum atomic E-state index is -2.54. The number of rotatable bonds is 4. The van der Waals surface area contributed by atoms with Gasteiger partial charge >= 0.3 is 0 Å². The van der Waals surface area contributed by atoms with E-state index in [4.69, 9.17) is 0 Å². The summed E-state index contributed by atoms with van der Waals surface area (Å²) >= 11 is 0. The Labute approximate surface area is 165 Å². The zero-order valence-corrected chi connectivity index (χ0v) is 15.7. The number of hydrogen-bond donors (Lipinski definition) is 2. The Bertz CT molecular complexity index is 1020. The Morgan fingerprint density at radius 2 is 2.03 bits per heavy atom. The standard InChI is InChI=1S/C19H21F2N7O/c20-19(21)9-28(10-19)14-3-1-13(2-4-14)24-18(29)17-16-12(8-23-26-16)7-15(25-17)27-6-5-22-11-27/h5-8,11,13-14H,1-4,9-10H2,(H,23,26)(H,24,29)/t13-,14-. The van der Waals surface area contributed by atoms with Gasteiger partial charge < -0.3 is 5.32 Å². The van der Waals surface area contributed by atoms with E-state index in [2.05, 4.69) is 25.5 Å². The van der Waals surface area contributed by atoms with Gasteiger partial charge in [0.15, 0.2) is 5.69 Å². The van der Waals surface area contributed by atoms with Crippen molar-refractivity contribution < 1.29 is 13.6 Å². The first kappa shape index (κ1) is 18.2. The van der Waals surface area contributed by atoms with Gasteiger partial charge in [0.2, 0.25) is 0 Å². The zero-order chi connectivity index (χ0) is 20.0. The third kappa shape index (κ3) is 3.48. The number of nitrogens with one attached hydrogen (secondary N) is 2. The Morgan fingerprint density at radius 1 is 1.24 bits per heavy atom. The number of nitrogens with zero attached hydrogens (tertiary/aromatic N) is 5. The molecule has 2 aliphatic rings. The zero-order valence-electron chi connectivity index (χ0n) is 15.7. The molecule has 1 saturated carbocycles. The molecular weight excluding hydrogens is 380 g/mol. The van der Waals surface area contributed by atoms with Gasteiger partial charge in [-0.25, -0.2) is 18.7 Å². The molecule has 0 unspecified atom stereocenters. The van der Waals surface area contributed by atoms with Gasteiger partial charge in [-0.3, -0.25) is 19.4 Å². The molecule has 1 aliphatic heterocycles. The maximum absolute atomic E-state index is 13.1. The van der Waals surface area contributed by atoms with Crippen molar-refractivity contribution in [3.05, 3.63) is 36.7 Å². The second-order valence-electron chi connectivity index (χ2n) is 7.87. The lowest BCUT2D eigenvalue weighted by Gasteiger charge is -2.46. The van der Waals surface area contributed by atoms with Crippen LogP contribution in [0.25, 0.3) is 16.7 Å². The van der Waals surface area contributed by atoms with Crippen LogP contribution < -0.4 is 5.32 Å². The number of hydrogen-bond acceptors (Lipinski definition) is 5. The van der Waals surface area contributed by atoms with Crippen LogP contribution in [0.3, 0.4) is 0 Å². The van der Waals surface area contributed by atoms with Gasteiger partial charge in [0.25, 0.3) is 11.8 Å². The number of aromatic nitrogens is 5. The van der Waals surface area contributed by atoms with Crippen molar-refractivity contribution in [1.29, 1.82) is 0 Å². The van der Waals surface area contributed by atoms with E-state index in [9.17, 15) is 13.6 Å². The summed E-state index contributed by atoms with van der Waals surface area (Å²) in [5, 5.41) is 10.7. The minimum absolute atomic E-state index is 0.0113. The molecule has 3 aromatic heterocycles. The quantitative estimate of drug-likeness (QED) is 0.699. The number of amides is 1. The maximum Gasteiger partial charge on any atom is 0.272 e. The predicted molar refractivity (Wildman–Crippen MR) is 101 cm³/mol. The first-order valence-corrected chi connectivity index (χ1v) is 9.74. The van der Waals surface area contributed by atoms with Gasteiger partial charge in [-0.1, -0.05) is 0 Å². The fourth-order valence-electron chi connectivity index (χ4n) is 4.27. The second-order valence-corrected chi connectivity index (χ2v) is 7.87. The summed E-state index contributed by atoms with van der Waals surface area (Å²) in [7, 11) is 0. The minimum Gasteiger partial charge on any atom is -0.348 e. The molecule has 5 rings (SSSR count). The number of pyridine rings is 1. The summed E-state index contributed by atoms with van der Waals surface area (Å²) in [4.78, 5) is 23.3. The third-order valence-corrected chi connectivity index (χ3v) is 5.82. The summed E-state index contributed by atoms with van der Waals surface area (Å²) in [6.07, 6.45) is 9.84. The Hall–Kier alpha value is -2.88. The molecule has 8 nitrogen and oxygen atoms in total. The van der Waals surface area contributed by atoms with Crippen LogP contribution in [0.4, 0.5) is 8.78 Å². The van der Waals surface area contributed by atoms with E-state index >= 15 is 0 Å². The molecule has 29 heavy (non-hydrogen) atoms. The van der Waals surface area contributed by atoms with Gasteiger partial charge in [-0.05, 0) is 31.7 Å². The van der Waals surface area contributed by atoms with E-state index in [1.807, 2.05) is 11.0 Å². The summed E-state index contributed by atoms with van der Waals surface area (Å²) in [6, 6.07) is 2.03. The van der Waals surface area contributed by atoms with Crippen LogP contribution in [0.5, 0.6) is 0 Å². The highest BCUT2D eigenvalue weighted by Crippen LogP contribution is 2.33. The van der Waals surface area contributed by atoms with Crippen LogP contribution in [-0.2, 0) is 0 Å². The molecule has 0 atom stereocenters. The van der Waals surface area contributed by atoms with Crippen LogP contribution in [0, 0.1) is 0 Å². The Balaban J connectivity index is 1.28. The highest BCUT2D eigenvalue weighted by atomic mass is 19.3. The third-order valence-electron chi connectivity index (χ3n) is 5.82. The highest BCUT2D eigenvalue weighted by Gasteiger charge is 2.47. The van der Waals surface area contributed by atoms with Crippen LogP contribution in [0.2, 0.25) is 0 Å². The second kappa shape index (κ2) is 6.87. The number of imidazole rings is 1. The predicted octanol–water partition coefficient (Wildman–Crippen LogP) is 2.14. The van der Waals surface area contributed by atoms with Crippen molar-refractivity contribution in [3.8, 4) is 5.82 Å². The molecule has 4 heterocycles. The molecule has 1 amide bonds. The van der Waals surface area contributed by atoms with Gasteiger partial charge in [0.1, 0.15) is 12.1 Å². The molecule has 0 radical (unpaired) electrons. The largest absolute Gasteiger partial charge is 0.348 e. The van der Waals surface area contributed by atoms with Crippen LogP contribution in [0.15, 0.2) is 31.0 Å². The molecule has 0 bridgehead atoms. The topological polar surface area (TPSA) is 91.7 Å². The fraction of sp³-hybridized carbons (Fsp3) is 0.474. The summed E-state index contributed by atoms with van der Waals surface area (Å²) in [5.41, 5.74) is 0.871. The Morgan fingerprint density at radius 3 is 2.72 bits per heavy atom. The molecule has 0 spiro atoms. The van der Waals surface area contributed by atoms with Crippen molar-refractivity contribution >= 4 is 16.8 Å². The number of carbonyl (C=O) groups excluding carboxylic acids is 1. The lowest BCUT2D eigenvalue weighted by atomic mass is 9.88. The molecule has 1 saturated heterocycles. The molecule has 10 heteroatoms. The van der Waals surface area contributed by atoms with E-state index < -0.39 is 5.92 Å². The van der Waals surface area contributed by atoms with Crippen LogP contribution in [-0.4, -0.2) is 66.6 Å². The number of H-pyrrole nitrogens is 1. The fourth-order valence-corrected chi connectivity index (χ4v) is 4.27. The molecule has 2 fully saturated rings. The molecule has 3 aromatic rings. The van der Waals surface area contributed by atoms with E-state index in [1.54, 1.807) is 29.5 Å². The van der Waals surface area contributed by atoms with Crippen molar-refractivity contribution in [3.63, 3.8) is 0 Å². The average molecular weight is 401 g/mol. The van der Waals surface area contributed by atoms with Crippen molar-refractivity contribution in [2.24, 2.45) is 0 Å². The monoisotopic (exact) mass is 401 g/mol. The first-order chi connectivity index (χ1) is 14.0. The number of alkyl halides is 2. The maximum atomic E-state index is 13.1. The van der Waals surface area contributed by atoms with E-state index in [0.717, 1.165) is 31.1 Å². The summed E-state index contributed by atoms with van der Waals surface area (Å²) in [6.45, 7) is -0.283. The molecule has 0 aromatic carbocycles. The number of halogens is 2. The number of likely N-dealkylation sites (tertiary alicyclic amines) is 1. The van der Waals surface area contributed by atoms with Crippen LogP contribution in [0.1, 0.15) is 36.2 Å². The van der Waals surface area contributed by atoms with Crippen molar-refractivity contribution in [2.45, 2.75) is 43.7 Å². The normalized spacial score (nSPS) is 24.3. The van der Waals surface area contributed by atoms with Gasteiger partial charge in [-0.15, -0.1) is 0 Å². The van der Waals surface area contributed by atoms with Crippen molar-refractivity contribution in [2.75, 3.05) is 13.1 Å². The number of aromatic amines is 1. The van der Waals surface area contributed by atoms with Gasteiger partial charge in [0, 0.05) is 29.9 Å². The first-order valence-electron chi connectivity index (χ1n) is 9.74. The molecule has 2 N–H and O–H groups in total. The SMILES string of the molecule is O=C(N[C@H]1CC[C@H](N2CC(F)(F)C2)CC1)c1nc(-n2ccnc2)cc2cn[nH]c12. The number of carbonyl (C=O) groups is 1. The summed E-state index contributed by atoms with van der Waals surface area (Å²) < 4.78 is 27.9. The molecular formula is C19H21F2N7O. The van der Waals surface area contributed by atoms with Crippen LogP contribution >= 0.6 is 0 Å². The molecule has 1 aliphatic carbocycles. The Kier molecular flexibility index (Phi) is 4.30. The summed E-state index contributed by atoms with van der Waals surface area (Å²) in [5.74, 6) is -2.21. The highest BCUT2D eigenvalue weighted by molar-refractivity contribution is 6.04. The molecule has 152 valence electrons. The van der Waals surface area contributed by atoms with Crippen molar-refractivity contribution in [1.82, 2.24) is 34.9 Å². The van der Waals surface area contributed by atoms with Gasteiger partial charge in [0.05, 0.1) is 24.8 Å². The lowest BCUT2D eigenvalue weighted by Crippen LogP contribution is -2.60. The number of fused-ring (bicyclic) bond motifs is 1. The van der Waals surface area contributed by atoms with E-state index in [-0.39, 0.29) is 36.8 Å². The lowest BCUT2D eigenvalue weighted by molar-refractivity contribution is -0.150. The smallest absolute Gasteiger partial charge is 0.272 e. The van der Waals surface area contributed by atoms with Gasteiger partial charge in [-0.2, -0.15) is 5.10 Å². The average Bonchev–Trinajstić information content (AvgIpc) is 3.37. The van der Waals surface area contributed by atoms with E-state index in [0.29, 0.717) is 11.3 Å². The van der Waals surface area contributed by atoms with E-state index in [1.165, 1.54) is 0 Å².